The fraction of sp³-hybridized carbons (Fsp3) is 0.545. The van der Waals surface area contributed by atoms with Crippen LogP contribution in [0.15, 0.2) is 30.9 Å². The molecule has 0 saturated heterocycles. The highest BCUT2D eigenvalue weighted by Gasteiger charge is 2.45. The normalized spacial score (nSPS) is 22.9. The number of carbonyl (C=O) groups excluding carboxylic acids is 2. The summed E-state index contributed by atoms with van der Waals surface area (Å²) in [5, 5.41) is 3.65. The second-order valence-electron chi connectivity index (χ2n) is 7.34. The van der Waals surface area contributed by atoms with Crippen LogP contribution >= 0.6 is 11.6 Å². The number of halogens is 1. The fourth-order valence-electron chi connectivity index (χ4n) is 3.71. The molecule has 1 aliphatic rings. The lowest BCUT2D eigenvalue weighted by Crippen LogP contribution is -2.58. The zero-order chi connectivity index (χ0) is 20.7. The number of aryl methyl sites for hydroxylation is 1. The first kappa shape index (κ1) is 22.4. The third-order valence-corrected chi connectivity index (χ3v) is 5.59. The summed E-state index contributed by atoms with van der Waals surface area (Å²) >= 11 is 6.03. The van der Waals surface area contributed by atoms with Gasteiger partial charge in [-0.3, -0.25) is 4.79 Å². The van der Waals surface area contributed by atoms with Gasteiger partial charge in [0, 0.05) is 5.02 Å². The van der Waals surface area contributed by atoms with Crippen molar-refractivity contribution >= 4 is 23.5 Å². The third kappa shape index (κ3) is 5.36. The van der Waals surface area contributed by atoms with Crippen molar-refractivity contribution in [2.45, 2.75) is 64.0 Å². The number of carbonyl (C=O) groups is 2. The Labute approximate surface area is 172 Å². The molecule has 0 heterocycles. The van der Waals surface area contributed by atoms with Crippen LogP contribution in [0.5, 0.6) is 0 Å². The van der Waals surface area contributed by atoms with Crippen molar-refractivity contribution < 1.29 is 19.1 Å². The highest BCUT2D eigenvalue weighted by Crippen LogP contribution is 2.33. The molecule has 1 amide bonds. The second kappa shape index (κ2) is 10.1. The Morgan fingerprint density at radius 3 is 2.64 bits per heavy atom. The molecule has 1 N–H and O–H groups in total. The molecular weight excluding hydrogens is 378 g/mol. The fourth-order valence-corrected chi connectivity index (χ4v) is 3.94. The Hall–Kier alpha value is -1.85. The van der Waals surface area contributed by atoms with Gasteiger partial charge in [-0.2, -0.15) is 0 Å². The zero-order valence-corrected chi connectivity index (χ0v) is 17.7. The van der Waals surface area contributed by atoms with Crippen LogP contribution in [0.2, 0.25) is 5.02 Å². The van der Waals surface area contributed by atoms with Gasteiger partial charge in [-0.05, 0) is 69.7 Å². The van der Waals surface area contributed by atoms with Crippen molar-refractivity contribution in [3.05, 3.63) is 47.0 Å². The highest BCUT2D eigenvalue weighted by atomic mass is 35.5. The maximum Gasteiger partial charge on any atom is 0.331 e. The van der Waals surface area contributed by atoms with Crippen LogP contribution in [0, 0.1) is 6.92 Å². The maximum atomic E-state index is 13.0. The van der Waals surface area contributed by atoms with Crippen LogP contribution in [-0.2, 0) is 19.1 Å². The number of hydrogen-bond acceptors (Lipinski definition) is 4. The average molecular weight is 408 g/mol. The van der Waals surface area contributed by atoms with Gasteiger partial charge in [0.05, 0.1) is 25.2 Å². The summed E-state index contributed by atoms with van der Waals surface area (Å²) in [6.45, 7) is 9.95. The quantitative estimate of drug-likeness (QED) is 0.515. The molecule has 1 unspecified atom stereocenters. The molecule has 0 bridgehead atoms. The van der Waals surface area contributed by atoms with Gasteiger partial charge >= 0.3 is 5.97 Å². The van der Waals surface area contributed by atoms with Crippen LogP contribution in [0.25, 0.3) is 0 Å². The van der Waals surface area contributed by atoms with Crippen LogP contribution in [0.3, 0.4) is 0 Å². The monoisotopic (exact) mass is 407 g/mol. The molecule has 2 rings (SSSR count). The summed E-state index contributed by atoms with van der Waals surface area (Å²) in [7, 11) is 0. The first-order chi connectivity index (χ1) is 13.3. The van der Waals surface area contributed by atoms with E-state index in [0.717, 1.165) is 11.1 Å². The van der Waals surface area contributed by atoms with E-state index in [0.29, 0.717) is 37.3 Å². The van der Waals surface area contributed by atoms with Crippen molar-refractivity contribution in [1.82, 2.24) is 5.32 Å². The third-order valence-electron chi connectivity index (χ3n) is 5.36. The molecular formula is C22H30ClNO4. The van der Waals surface area contributed by atoms with E-state index < -0.39 is 11.5 Å². The minimum absolute atomic E-state index is 0.0633. The Bertz CT molecular complexity index is 710. The SMILES string of the molecule is C=CCOC1CCC(NC(=O)C(C)c2ccc(Cl)cc2C)(C(=O)OCC)CC1. The van der Waals surface area contributed by atoms with Crippen LogP contribution in [0.4, 0.5) is 0 Å². The Morgan fingerprint density at radius 2 is 2.07 bits per heavy atom. The molecule has 1 saturated carbocycles. The molecule has 6 heteroatoms. The Kier molecular flexibility index (Phi) is 8.08. The van der Waals surface area contributed by atoms with Crippen molar-refractivity contribution in [1.29, 1.82) is 0 Å². The summed E-state index contributed by atoms with van der Waals surface area (Å²) in [5.74, 6) is -0.965. The molecule has 5 nitrogen and oxygen atoms in total. The summed E-state index contributed by atoms with van der Waals surface area (Å²) in [6, 6.07) is 5.47. The van der Waals surface area contributed by atoms with Gasteiger partial charge in [0.2, 0.25) is 5.91 Å². The molecule has 0 radical (unpaired) electrons. The lowest BCUT2D eigenvalue weighted by molar-refractivity contribution is -0.156. The molecule has 0 aliphatic heterocycles. The number of nitrogens with one attached hydrogen (secondary N) is 1. The molecule has 1 fully saturated rings. The predicted molar refractivity (Wildman–Crippen MR) is 111 cm³/mol. The minimum atomic E-state index is -1.00. The number of amides is 1. The van der Waals surface area contributed by atoms with E-state index in [-0.39, 0.29) is 24.6 Å². The zero-order valence-electron chi connectivity index (χ0n) is 16.9. The predicted octanol–water partition coefficient (Wildman–Crippen LogP) is 4.32. The second-order valence-corrected chi connectivity index (χ2v) is 7.77. The number of ether oxygens (including phenoxy) is 2. The van der Waals surface area contributed by atoms with E-state index in [4.69, 9.17) is 21.1 Å². The summed E-state index contributed by atoms with van der Waals surface area (Å²) < 4.78 is 11.0. The van der Waals surface area contributed by atoms with Gasteiger partial charge in [-0.15, -0.1) is 6.58 Å². The van der Waals surface area contributed by atoms with E-state index in [9.17, 15) is 9.59 Å². The minimum Gasteiger partial charge on any atom is -0.464 e. The number of esters is 1. The molecule has 0 spiro atoms. The maximum absolute atomic E-state index is 13.0. The lowest BCUT2D eigenvalue weighted by Gasteiger charge is -2.39. The number of benzene rings is 1. The first-order valence-corrected chi connectivity index (χ1v) is 10.2. The first-order valence-electron chi connectivity index (χ1n) is 9.80. The summed E-state index contributed by atoms with van der Waals surface area (Å²) in [5.41, 5.74) is 0.834. The smallest absolute Gasteiger partial charge is 0.331 e. The van der Waals surface area contributed by atoms with Gasteiger partial charge in [0.1, 0.15) is 5.54 Å². The van der Waals surface area contributed by atoms with Crippen LogP contribution in [0.1, 0.15) is 56.6 Å². The number of hydrogen-bond donors (Lipinski definition) is 1. The van der Waals surface area contributed by atoms with E-state index in [2.05, 4.69) is 11.9 Å². The van der Waals surface area contributed by atoms with Crippen LogP contribution in [-0.4, -0.2) is 36.7 Å². The van der Waals surface area contributed by atoms with Crippen molar-refractivity contribution in [2.75, 3.05) is 13.2 Å². The van der Waals surface area contributed by atoms with Crippen LogP contribution < -0.4 is 5.32 Å². The van der Waals surface area contributed by atoms with Crippen molar-refractivity contribution in [2.24, 2.45) is 0 Å². The molecule has 1 aromatic rings. The molecule has 1 aromatic carbocycles. The Balaban J connectivity index is 2.15. The van der Waals surface area contributed by atoms with E-state index in [1.165, 1.54) is 0 Å². The molecule has 28 heavy (non-hydrogen) atoms. The van der Waals surface area contributed by atoms with Gasteiger partial charge in [0.25, 0.3) is 0 Å². The average Bonchev–Trinajstić information content (AvgIpc) is 2.67. The van der Waals surface area contributed by atoms with Gasteiger partial charge in [-0.25, -0.2) is 4.79 Å². The summed E-state index contributed by atoms with van der Waals surface area (Å²) in [6.07, 6.45) is 4.12. The topological polar surface area (TPSA) is 64.6 Å². The van der Waals surface area contributed by atoms with Gasteiger partial charge < -0.3 is 14.8 Å². The summed E-state index contributed by atoms with van der Waals surface area (Å²) in [4.78, 5) is 25.8. The van der Waals surface area contributed by atoms with Gasteiger partial charge in [0.15, 0.2) is 0 Å². The molecule has 0 aromatic heterocycles. The largest absolute Gasteiger partial charge is 0.464 e. The van der Waals surface area contributed by atoms with Crippen molar-refractivity contribution in [3.8, 4) is 0 Å². The Morgan fingerprint density at radius 1 is 1.39 bits per heavy atom. The standard InChI is InChI=1S/C22H30ClNO4/c1-5-13-28-18-9-11-22(12-10-18,21(26)27-6-2)24-20(25)16(4)19-8-7-17(23)14-15(19)3/h5,7-8,14,16,18H,1,6,9-13H2,2-4H3,(H,24,25). The van der Waals surface area contributed by atoms with E-state index in [1.807, 2.05) is 26.0 Å². The highest BCUT2D eigenvalue weighted by molar-refractivity contribution is 6.30. The van der Waals surface area contributed by atoms with E-state index in [1.54, 1.807) is 19.1 Å². The molecule has 1 atom stereocenters. The van der Waals surface area contributed by atoms with E-state index >= 15 is 0 Å². The lowest BCUT2D eigenvalue weighted by atomic mass is 9.79. The number of rotatable bonds is 8. The van der Waals surface area contributed by atoms with Gasteiger partial charge in [-0.1, -0.05) is 23.7 Å². The molecule has 1 aliphatic carbocycles. The molecule has 154 valence electrons. The van der Waals surface area contributed by atoms with Crippen molar-refractivity contribution in [3.63, 3.8) is 0 Å².